The van der Waals surface area contributed by atoms with Crippen LogP contribution in [0.5, 0.6) is 0 Å². The lowest BCUT2D eigenvalue weighted by atomic mass is 10.3. The number of hydrogen-bond donors (Lipinski definition) is 1. The van der Waals surface area contributed by atoms with Crippen molar-refractivity contribution in [3.05, 3.63) is 47.2 Å². The number of rotatable bonds is 7. The van der Waals surface area contributed by atoms with Gasteiger partial charge in [-0.2, -0.15) is 0 Å². The Morgan fingerprint density at radius 2 is 1.89 bits per heavy atom. The Labute approximate surface area is 163 Å². The van der Waals surface area contributed by atoms with Gasteiger partial charge in [0.1, 0.15) is 0 Å². The van der Waals surface area contributed by atoms with Gasteiger partial charge in [-0.15, -0.1) is 11.3 Å². The van der Waals surface area contributed by atoms with Gasteiger partial charge in [0.2, 0.25) is 0 Å². The number of carbonyl (C=O) groups is 3. The van der Waals surface area contributed by atoms with Crippen LogP contribution in [0.4, 0.5) is 5.13 Å². The predicted molar refractivity (Wildman–Crippen MR) is 101 cm³/mol. The topological polar surface area (TPSA) is 120 Å². The molecule has 0 radical (unpaired) electrons. The average molecular weight is 400 g/mol. The zero-order valence-electron chi connectivity index (χ0n) is 14.9. The van der Waals surface area contributed by atoms with Crippen molar-refractivity contribution in [2.24, 2.45) is 0 Å². The quantitative estimate of drug-likeness (QED) is 0.598. The molecule has 0 spiro atoms. The highest BCUT2D eigenvalue weighted by atomic mass is 32.1. The molecule has 3 aromatic rings. The van der Waals surface area contributed by atoms with Crippen molar-refractivity contribution in [1.29, 1.82) is 0 Å². The first-order valence-electron chi connectivity index (χ1n) is 8.34. The molecule has 0 bridgehead atoms. The van der Waals surface area contributed by atoms with Gasteiger partial charge in [0, 0.05) is 5.38 Å². The van der Waals surface area contributed by atoms with Crippen LogP contribution in [0.2, 0.25) is 0 Å². The molecule has 1 aromatic carbocycles. The number of fused-ring (bicyclic) bond motifs is 1. The van der Waals surface area contributed by atoms with Gasteiger partial charge in [0.05, 0.1) is 36.0 Å². The molecule has 10 heteroatoms. The second-order valence-electron chi connectivity index (χ2n) is 5.49. The van der Waals surface area contributed by atoms with E-state index in [1.807, 2.05) is 6.07 Å². The van der Waals surface area contributed by atoms with Crippen molar-refractivity contribution in [3.8, 4) is 0 Å². The summed E-state index contributed by atoms with van der Waals surface area (Å²) in [6, 6.07) is 7.09. The average Bonchev–Trinajstić information content (AvgIpc) is 3.12. The first-order valence-corrected chi connectivity index (χ1v) is 9.22. The van der Waals surface area contributed by atoms with Crippen LogP contribution >= 0.6 is 11.3 Å². The molecule has 0 fully saturated rings. The van der Waals surface area contributed by atoms with E-state index in [0.717, 1.165) is 11.3 Å². The molecule has 0 saturated carbocycles. The lowest BCUT2D eigenvalue weighted by molar-refractivity contribution is -0.142. The van der Waals surface area contributed by atoms with Crippen LogP contribution in [0.3, 0.4) is 0 Å². The second kappa shape index (κ2) is 9.00. The number of carbonyl (C=O) groups excluding carboxylic acids is 3. The van der Waals surface area contributed by atoms with Crippen molar-refractivity contribution >= 4 is 45.3 Å². The number of ether oxygens (including phenoxy) is 2. The number of esters is 2. The Hall–Kier alpha value is -3.40. The highest BCUT2D eigenvalue weighted by molar-refractivity contribution is 7.13. The van der Waals surface area contributed by atoms with Crippen LogP contribution in [0.1, 0.15) is 23.1 Å². The molecule has 0 saturated heterocycles. The minimum Gasteiger partial charge on any atom is -0.466 e. The molecule has 1 amide bonds. The van der Waals surface area contributed by atoms with Gasteiger partial charge < -0.3 is 9.47 Å². The SMILES string of the molecule is CCOC(=O)Cc1csc(NC(=O)COC(=O)c2cnc3ccccc3n2)n1. The standard InChI is InChI=1S/C18H16N4O5S/c1-2-26-16(24)7-11-10-28-18(20-11)22-15(23)9-27-17(25)14-8-19-12-5-3-4-6-13(12)21-14/h3-6,8,10H,2,7,9H2,1H3,(H,20,22,23). The fraction of sp³-hybridized carbons (Fsp3) is 0.222. The summed E-state index contributed by atoms with van der Waals surface area (Å²) in [5.41, 5.74) is 1.71. The fourth-order valence-electron chi connectivity index (χ4n) is 2.22. The van der Waals surface area contributed by atoms with E-state index in [1.165, 1.54) is 6.20 Å². The minimum absolute atomic E-state index is 0.0115. The molecule has 0 aliphatic heterocycles. The molecule has 0 unspecified atom stereocenters. The molecule has 0 aliphatic carbocycles. The lowest BCUT2D eigenvalue weighted by Gasteiger charge is -2.05. The van der Waals surface area contributed by atoms with E-state index in [0.29, 0.717) is 28.5 Å². The van der Waals surface area contributed by atoms with Crippen LogP contribution in [0, 0.1) is 0 Å². The maximum Gasteiger partial charge on any atom is 0.359 e. The molecule has 28 heavy (non-hydrogen) atoms. The van der Waals surface area contributed by atoms with Crippen molar-refractivity contribution in [2.45, 2.75) is 13.3 Å². The van der Waals surface area contributed by atoms with Gasteiger partial charge in [-0.05, 0) is 19.1 Å². The lowest BCUT2D eigenvalue weighted by Crippen LogP contribution is -2.21. The van der Waals surface area contributed by atoms with Gasteiger partial charge in [-0.3, -0.25) is 19.9 Å². The summed E-state index contributed by atoms with van der Waals surface area (Å²) >= 11 is 1.16. The highest BCUT2D eigenvalue weighted by Crippen LogP contribution is 2.16. The third-order valence-electron chi connectivity index (χ3n) is 3.42. The Bertz CT molecular complexity index is 1020. The Morgan fingerprint density at radius 1 is 1.11 bits per heavy atom. The largest absolute Gasteiger partial charge is 0.466 e. The Morgan fingerprint density at radius 3 is 2.68 bits per heavy atom. The normalized spacial score (nSPS) is 10.5. The van der Waals surface area contributed by atoms with Crippen LogP contribution in [0.15, 0.2) is 35.8 Å². The van der Waals surface area contributed by atoms with Crippen LogP contribution in [-0.4, -0.2) is 46.0 Å². The molecule has 9 nitrogen and oxygen atoms in total. The number of amides is 1. The maximum absolute atomic E-state index is 12.1. The van der Waals surface area contributed by atoms with E-state index < -0.39 is 24.5 Å². The molecular formula is C18H16N4O5S. The van der Waals surface area contributed by atoms with E-state index in [-0.39, 0.29) is 12.1 Å². The smallest absolute Gasteiger partial charge is 0.359 e. The number of benzene rings is 1. The summed E-state index contributed by atoms with van der Waals surface area (Å²) in [6.07, 6.45) is 1.32. The fourth-order valence-corrected chi connectivity index (χ4v) is 2.95. The predicted octanol–water partition coefficient (Wildman–Crippen LogP) is 1.99. The van der Waals surface area contributed by atoms with E-state index in [1.54, 1.807) is 30.5 Å². The number of nitrogens with zero attached hydrogens (tertiary/aromatic N) is 3. The summed E-state index contributed by atoms with van der Waals surface area (Å²) < 4.78 is 9.80. The third-order valence-corrected chi connectivity index (χ3v) is 4.23. The van der Waals surface area contributed by atoms with E-state index in [2.05, 4.69) is 20.3 Å². The monoisotopic (exact) mass is 400 g/mol. The molecule has 2 aromatic heterocycles. The summed E-state index contributed by atoms with van der Waals surface area (Å²) in [7, 11) is 0. The van der Waals surface area contributed by atoms with Crippen molar-refractivity contribution < 1.29 is 23.9 Å². The summed E-state index contributed by atoms with van der Waals surface area (Å²) in [5, 5.41) is 4.45. The van der Waals surface area contributed by atoms with Gasteiger partial charge >= 0.3 is 11.9 Å². The number of thiazole rings is 1. The first-order chi connectivity index (χ1) is 13.5. The third kappa shape index (κ3) is 5.07. The number of hydrogen-bond acceptors (Lipinski definition) is 9. The Balaban J connectivity index is 1.51. The van der Waals surface area contributed by atoms with Gasteiger partial charge in [-0.25, -0.2) is 14.8 Å². The van der Waals surface area contributed by atoms with Crippen molar-refractivity contribution in [3.63, 3.8) is 0 Å². The minimum atomic E-state index is -0.754. The number of anilines is 1. The molecule has 3 rings (SSSR count). The highest BCUT2D eigenvalue weighted by Gasteiger charge is 2.15. The summed E-state index contributed by atoms with van der Waals surface area (Å²) in [5.74, 6) is -1.70. The molecule has 0 aliphatic rings. The number of para-hydroxylation sites is 2. The first kappa shape index (κ1) is 19.4. The molecule has 2 heterocycles. The van der Waals surface area contributed by atoms with Crippen LogP contribution in [0.25, 0.3) is 11.0 Å². The Kier molecular flexibility index (Phi) is 6.22. The maximum atomic E-state index is 12.1. The molecule has 1 N–H and O–H groups in total. The summed E-state index contributed by atoms with van der Waals surface area (Å²) in [6.45, 7) is 1.51. The molecular weight excluding hydrogens is 384 g/mol. The molecule has 0 atom stereocenters. The van der Waals surface area contributed by atoms with E-state index in [9.17, 15) is 14.4 Å². The zero-order chi connectivity index (χ0) is 19.9. The summed E-state index contributed by atoms with van der Waals surface area (Å²) in [4.78, 5) is 47.8. The zero-order valence-corrected chi connectivity index (χ0v) is 15.7. The number of nitrogens with one attached hydrogen (secondary N) is 1. The van der Waals surface area contributed by atoms with Crippen molar-refractivity contribution in [2.75, 3.05) is 18.5 Å². The van der Waals surface area contributed by atoms with Crippen LogP contribution in [-0.2, 0) is 25.5 Å². The number of aromatic nitrogens is 3. The van der Waals surface area contributed by atoms with Gasteiger partial charge in [0.15, 0.2) is 17.4 Å². The van der Waals surface area contributed by atoms with Crippen LogP contribution < -0.4 is 5.32 Å². The van der Waals surface area contributed by atoms with E-state index >= 15 is 0 Å². The van der Waals surface area contributed by atoms with Gasteiger partial charge in [-0.1, -0.05) is 12.1 Å². The van der Waals surface area contributed by atoms with E-state index in [4.69, 9.17) is 9.47 Å². The molecule has 144 valence electrons. The second-order valence-corrected chi connectivity index (χ2v) is 6.35. The van der Waals surface area contributed by atoms with Crippen molar-refractivity contribution in [1.82, 2.24) is 15.0 Å². The van der Waals surface area contributed by atoms with Gasteiger partial charge in [0.25, 0.3) is 5.91 Å².